The van der Waals surface area contributed by atoms with Crippen molar-refractivity contribution in [3.05, 3.63) is 59.9 Å². The van der Waals surface area contributed by atoms with Gasteiger partial charge in [0.15, 0.2) is 11.5 Å². The molecule has 0 aliphatic carbocycles. The molecule has 4 rings (SSSR count). The maximum Gasteiger partial charge on any atom is 0.246 e. The van der Waals surface area contributed by atoms with E-state index < -0.39 is 0 Å². The highest BCUT2D eigenvalue weighted by Crippen LogP contribution is 2.31. The number of ether oxygens (including phenoxy) is 3. The molecule has 1 saturated heterocycles. The summed E-state index contributed by atoms with van der Waals surface area (Å²) < 4.78 is 16.6. The van der Waals surface area contributed by atoms with E-state index >= 15 is 0 Å². The molecule has 0 unspecified atom stereocenters. The molecule has 164 valence electrons. The highest BCUT2D eigenvalue weighted by atomic mass is 16.6. The van der Waals surface area contributed by atoms with Crippen LogP contribution in [0.2, 0.25) is 0 Å². The summed E-state index contributed by atoms with van der Waals surface area (Å²) in [7, 11) is 0. The third kappa shape index (κ3) is 6.29. The fourth-order valence-electron chi connectivity index (χ4n) is 3.72. The van der Waals surface area contributed by atoms with Crippen LogP contribution in [0.3, 0.4) is 0 Å². The number of pyridine rings is 1. The molecule has 1 amide bonds. The Bertz CT molecular complexity index is 882. The Morgan fingerprint density at radius 1 is 1.03 bits per heavy atom. The van der Waals surface area contributed by atoms with Crippen molar-refractivity contribution in [2.45, 2.75) is 13.0 Å². The Labute approximate surface area is 183 Å². The Hall–Kier alpha value is -2.90. The van der Waals surface area contributed by atoms with Crippen molar-refractivity contribution in [2.75, 3.05) is 52.6 Å². The first kappa shape index (κ1) is 21.3. The summed E-state index contributed by atoms with van der Waals surface area (Å²) in [6, 6.07) is 9.63. The minimum atomic E-state index is -0.00585. The fourth-order valence-corrected chi connectivity index (χ4v) is 3.72. The first-order valence-electron chi connectivity index (χ1n) is 10.8. The number of morpholine rings is 1. The molecule has 7 nitrogen and oxygen atoms in total. The van der Waals surface area contributed by atoms with E-state index in [-0.39, 0.29) is 5.91 Å². The Morgan fingerprint density at radius 2 is 1.81 bits per heavy atom. The summed E-state index contributed by atoms with van der Waals surface area (Å²) >= 11 is 0. The molecule has 1 fully saturated rings. The van der Waals surface area contributed by atoms with Crippen LogP contribution in [0.1, 0.15) is 17.5 Å². The topological polar surface area (TPSA) is 64.1 Å². The van der Waals surface area contributed by atoms with Gasteiger partial charge in [0.25, 0.3) is 0 Å². The van der Waals surface area contributed by atoms with Crippen LogP contribution >= 0.6 is 0 Å². The first-order valence-corrected chi connectivity index (χ1v) is 10.8. The van der Waals surface area contributed by atoms with Crippen molar-refractivity contribution < 1.29 is 19.0 Å². The standard InChI is InChI=1S/C24H29N3O4/c28-24(5-3-20-2-4-22-23(18-20)31-17-16-30-22)27(19-21-6-8-25-9-7-21)11-1-10-26-12-14-29-15-13-26/h2-9,18H,1,10-17,19H2/b5-3+. The van der Waals surface area contributed by atoms with Gasteiger partial charge >= 0.3 is 0 Å². The van der Waals surface area contributed by atoms with E-state index in [1.54, 1.807) is 18.5 Å². The summed E-state index contributed by atoms with van der Waals surface area (Å²) in [5.74, 6) is 1.46. The van der Waals surface area contributed by atoms with Crippen molar-refractivity contribution in [1.29, 1.82) is 0 Å². The molecular formula is C24H29N3O4. The number of nitrogens with zero attached hydrogens (tertiary/aromatic N) is 3. The van der Waals surface area contributed by atoms with Crippen LogP contribution in [0.4, 0.5) is 0 Å². The van der Waals surface area contributed by atoms with Gasteiger partial charge in [0.1, 0.15) is 13.2 Å². The van der Waals surface area contributed by atoms with Crippen LogP contribution in [0.25, 0.3) is 6.08 Å². The number of amides is 1. The van der Waals surface area contributed by atoms with Crippen molar-refractivity contribution in [3.63, 3.8) is 0 Å². The van der Waals surface area contributed by atoms with E-state index in [1.807, 2.05) is 41.3 Å². The van der Waals surface area contributed by atoms with Crippen molar-refractivity contribution in [1.82, 2.24) is 14.8 Å². The van der Waals surface area contributed by atoms with Gasteiger partial charge in [0, 0.05) is 51.2 Å². The average molecular weight is 424 g/mol. The number of aromatic nitrogens is 1. The first-order chi connectivity index (χ1) is 15.3. The SMILES string of the molecule is O=C(/C=C/c1ccc2c(c1)OCCO2)N(CCCN1CCOCC1)Cc1ccncc1. The third-order valence-corrected chi connectivity index (χ3v) is 5.43. The lowest BCUT2D eigenvalue weighted by molar-refractivity contribution is -0.126. The maximum atomic E-state index is 13.0. The third-order valence-electron chi connectivity index (χ3n) is 5.43. The molecule has 2 aromatic rings. The molecule has 31 heavy (non-hydrogen) atoms. The number of benzene rings is 1. The lowest BCUT2D eigenvalue weighted by atomic mass is 10.1. The monoisotopic (exact) mass is 423 g/mol. The van der Waals surface area contributed by atoms with E-state index in [2.05, 4.69) is 9.88 Å². The van der Waals surface area contributed by atoms with Gasteiger partial charge in [0.05, 0.1) is 13.2 Å². The predicted octanol–water partition coefficient (Wildman–Crippen LogP) is 2.62. The molecule has 2 aliphatic heterocycles. The number of rotatable bonds is 8. The molecule has 1 aromatic heterocycles. The average Bonchev–Trinajstić information content (AvgIpc) is 2.83. The molecule has 3 heterocycles. The molecule has 0 radical (unpaired) electrons. The van der Waals surface area contributed by atoms with Crippen molar-refractivity contribution >= 4 is 12.0 Å². The van der Waals surface area contributed by atoms with Crippen LogP contribution in [0, 0.1) is 0 Å². The second kappa shape index (κ2) is 10.9. The number of fused-ring (bicyclic) bond motifs is 1. The summed E-state index contributed by atoms with van der Waals surface area (Å²) in [6.07, 6.45) is 7.92. The molecule has 0 spiro atoms. The minimum absolute atomic E-state index is 0.00585. The summed E-state index contributed by atoms with van der Waals surface area (Å²) in [5.41, 5.74) is 1.98. The minimum Gasteiger partial charge on any atom is -0.486 e. The van der Waals surface area contributed by atoms with Gasteiger partial charge in [-0.1, -0.05) is 6.07 Å². The zero-order valence-electron chi connectivity index (χ0n) is 17.7. The predicted molar refractivity (Wildman–Crippen MR) is 118 cm³/mol. The van der Waals surface area contributed by atoms with E-state index in [0.29, 0.717) is 26.3 Å². The highest BCUT2D eigenvalue weighted by molar-refractivity contribution is 5.91. The van der Waals surface area contributed by atoms with Gasteiger partial charge in [-0.05, 0) is 47.9 Å². The normalized spacial score (nSPS) is 16.4. The smallest absolute Gasteiger partial charge is 0.246 e. The molecule has 7 heteroatoms. The van der Waals surface area contributed by atoms with Crippen molar-refractivity contribution in [3.8, 4) is 11.5 Å². The second-order valence-electron chi connectivity index (χ2n) is 7.66. The highest BCUT2D eigenvalue weighted by Gasteiger charge is 2.15. The Balaban J connectivity index is 1.39. The molecule has 0 bridgehead atoms. The number of hydrogen-bond acceptors (Lipinski definition) is 6. The maximum absolute atomic E-state index is 13.0. The molecule has 1 aromatic carbocycles. The van der Waals surface area contributed by atoms with E-state index in [0.717, 1.165) is 61.9 Å². The van der Waals surface area contributed by atoms with Gasteiger partial charge < -0.3 is 19.1 Å². The van der Waals surface area contributed by atoms with E-state index in [1.165, 1.54) is 0 Å². The molecule has 0 saturated carbocycles. The molecular weight excluding hydrogens is 394 g/mol. The lowest BCUT2D eigenvalue weighted by Gasteiger charge is -2.28. The zero-order chi connectivity index (χ0) is 21.3. The Morgan fingerprint density at radius 3 is 2.61 bits per heavy atom. The van der Waals surface area contributed by atoms with Crippen LogP contribution in [0.5, 0.6) is 11.5 Å². The quantitative estimate of drug-likeness (QED) is 0.609. The zero-order valence-corrected chi connectivity index (χ0v) is 17.7. The van der Waals surface area contributed by atoms with Gasteiger partial charge in [-0.15, -0.1) is 0 Å². The van der Waals surface area contributed by atoms with Crippen LogP contribution in [-0.4, -0.2) is 73.3 Å². The molecule has 0 N–H and O–H groups in total. The van der Waals surface area contributed by atoms with Gasteiger partial charge in [-0.25, -0.2) is 0 Å². The summed E-state index contributed by atoms with van der Waals surface area (Å²) in [6.45, 7) is 6.84. The van der Waals surface area contributed by atoms with Crippen molar-refractivity contribution in [2.24, 2.45) is 0 Å². The number of hydrogen-bond donors (Lipinski definition) is 0. The molecule has 0 atom stereocenters. The summed E-state index contributed by atoms with van der Waals surface area (Å²) in [4.78, 5) is 21.4. The van der Waals surface area contributed by atoms with E-state index in [9.17, 15) is 4.79 Å². The van der Waals surface area contributed by atoms with Gasteiger partial charge in [-0.3, -0.25) is 14.7 Å². The van der Waals surface area contributed by atoms with Crippen LogP contribution in [0.15, 0.2) is 48.8 Å². The van der Waals surface area contributed by atoms with E-state index in [4.69, 9.17) is 14.2 Å². The fraction of sp³-hybridized carbons (Fsp3) is 0.417. The second-order valence-corrected chi connectivity index (χ2v) is 7.66. The lowest BCUT2D eigenvalue weighted by Crippen LogP contribution is -2.38. The Kier molecular flexibility index (Phi) is 7.52. The van der Waals surface area contributed by atoms with Gasteiger partial charge in [-0.2, -0.15) is 0 Å². The number of carbonyl (C=O) groups excluding carboxylic acids is 1. The van der Waals surface area contributed by atoms with Crippen LogP contribution < -0.4 is 9.47 Å². The largest absolute Gasteiger partial charge is 0.486 e. The summed E-state index contributed by atoms with van der Waals surface area (Å²) in [5, 5.41) is 0. The van der Waals surface area contributed by atoms with Crippen LogP contribution in [-0.2, 0) is 16.1 Å². The van der Waals surface area contributed by atoms with Gasteiger partial charge in [0.2, 0.25) is 5.91 Å². The molecule has 2 aliphatic rings. The number of carbonyl (C=O) groups is 1.